The Kier molecular flexibility index (Phi) is 8.05. The molecule has 0 spiro atoms. The molecule has 39 heavy (non-hydrogen) atoms. The van der Waals surface area contributed by atoms with Gasteiger partial charge in [0.25, 0.3) is 5.91 Å². The summed E-state index contributed by atoms with van der Waals surface area (Å²) in [5.41, 5.74) is 7.82. The first-order chi connectivity index (χ1) is 19.1. The van der Waals surface area contributed by atoms with Crippen LogP contribution in [0.2, 0.25) is 0 Å². The highest BCUT2D eigenvalue weighted by molar-refractivity contribution is 6.03. The number of nitrogens with zero attached hydrogens (tertiary/aromatic N) is 2. The molecule has 5 rings (SSSR count). The lowest BCUT2D eigenvalue weighted by Gasteiger charge is -2.20. The van der Waals surface area contributed by atoms with E-state index in [2.05, 4.69) is 4.99 Å². The number of nitrogens with two attached hydrogens (primary N) is 1. The number of hydrogen-bond acceptors (Lipinski definition) is 8. The van der Waals surface area contributed by atoms with E-state index in [1.54, 1.807) is 38.5 Å². The number of aliphatic imine (C=N–C) groups is 1. The molecule has 0 bridgehead atoms. The fourth-order valence-electron chi connectivity index (χ4n) is 4.68. The first kappa shape index (κ1) is 26.2. The van der Waals surface area contributed by atoms with Crippen LogP contribution in [0.5, 0.6) is 34.5 Å². The maximum Gasteiger partial charge on any atom is 0.256 e. The first-order valence-corrected chi connectivity index (χ1v) is 13.1. The van der Waals surface area contributed by atoms with E-state index in [9.17, 15) is 4.79 Å². The van der Waals surface area contributed by atoms with Crippen LogP contribution in [0.25, 0.3) is 0 Å². The quantitative estimate of drug-likeness (QED) is 0.252. The number of ether oxygens (including phenoxy) is 5. The number of carbonyl (C=O) groups excluding carboxylic acids is 1. The summed E-state index contributed by atoms with van der Waals surface area (Å²) < 4.78 is 28.4. The highest BCUT2D eigenvalue weighted by Crippen LogP contribution is 2.38. The fraction of sp³-hybridized carbons (Fsp3) is 0.333. The van der Waals surface area contributed by atoms with Gasteiger partial charge in [-0.1, -0.05) is 0 Å². The molecule has 9 nitrogen and oxygen atoms in total. The molecular formula is C30H33N3O6. The molecule has 0 saturated carbocycles. The lowest BCUT2D eigenvalue weighted by molar-refractivity contribution is 0.0774. The highest BCUT2D eigenvalue weighted by atomic mass is 16.5. The summed E-state index contributed by atoms with van der Waals surface area (Å²) in [6.07, 6.45) is 5.36. The lowest BCUT2D eigenvalue weighted by atomic mass is 10.1. The third-order valence-electron chi connectivity index (χ3n) is 6.79. The van der Waals surface area contributed by atoms with Crippen LogP contribution < -0.4 is 29.4 Å². The lowest BCUT2D eigenvalue weighted by Crippen LogP contribution is -2.35. The predicted octanol–water partition coefficient (Wildman–Crippen LogP) is 5.64. The molecule has 0 radical (unpaired) electrons. The average Bonchev–Trinajstić information content (AvgIpc) is 3.39. The number of fused-ring (bicyclic) bond motifs is 2. The summed E-state index contributed by atoms with van der Waals surface area (Å²) in [5.74, 6) is 3.75. The molecule has 2 aliphatic heterocycles. The smallest absolute Gasteiger partial charge is 0.256 e. The van der Waals surface area contributed by atoms with Gasteiger partial charge in [0.1, 0.15) is 17.2 Å². The van der Waals surface area contributed by atoms with Crippen molar-refractivity contribution in [2.24, 2.45) is 4.99 Å². The first-order valence-electron chi connectivity index (χ1n) is 13.1. The topological polar surface area (TPSA) is 105 Å². The van der Waals surface area contributed by atoms with Crippen LogP contribution in [-0.2, 0) is 0 Å². The molecule has 3 aromatic rings. The number of carbonyl (C=O) groups is 1. The normalized spacial score (nSPS) is 15.8. The molecule has 2 aliphatic rings. The Hall–Kier alpha value is -4.40. The van der Waals surface area contributed by atoms with Gasteiger partial charge in [-0.15, -0.1) is 0 Å². The van der Waals surface area contributed by atoms with Gasteiger partial charge in [0.15, 0.2) is 17.2 Å². The van der Waals surface area contributed by atoms with Gasteiger partial charge in [-0.2, -0.15) is 0 Å². The second-order valence-corrected chi connectivity index (χ2v) is 9.39. The van der Waals surface area contributed by atoms with Gasteiger partial charge in [0.2, 0.25) is 0 Å². The fourth-order valence-corrected chi connectivity index (χ4v) is 4.68. The van der Waals surface area contributed by atoms with E-state index in [1.807, 2.05) is 41.4 Å². The van der Waals surface area contributed by atoms with Gasteiger partial charge in [-0.25, -0.2) is 0 Å². The van der Waals surface area contributed by atoms with Gasteiger partial charge in [-0.05, 0) is 68.1 Å². The van der Waals surface area contributed by atoms with Crippen molar-refractivity contribution in [3.8, 4) is 34.5 Å². The highest BCUT2D eigenvalue weighted by Gasteiger charge is 2.32. The van der Waals surface area contributed by atoms with E-state index in [0.717, 1.165) is 38.0 Å². The zero-order valence-corrected chi connectivity index (χ0v) is 22.2. The third kappa shape index (κ3) is 6.03. The Labute approximate surface area is 228 Å². The second kappa shape index (κ2) is 12.0. The minimum absolute atomic E-state index is 0.00652. The zero-order chi connectivity index (χ0) is 27.2. The molecule has 9 heteroatoms. The average molecular weight is 532 g/mol. The summed E-state index contributed by atoms with van der Waals surface area (Å²) in [4.78, 5) is 19.5. The van der Waals surface area contributed by atoms with E-state index in [-0.39, 0.29) is 11.9 Å². The number of methoxy groups -OCH3 is 2. The van der Waals surface area contributed by atoms with Crippen LogP contribution in [-0.4, -0.2) is 57.0 Å². The number of anilines is 1. The van der Waals surface area contributed by atoms with Gasteiger partial charge >= 0.3 is 0 Å². The van der Waals surface area contributed by atoms with Gasteiger partial charge < -0.3 is 34.3 Å². The van der Waals surface area contributed by atoms with Crippen molar-refractivity contribution in [1.29, 1.82) is 0 Å². The van der Waals surface area contributed by atoms with Gasteiger partial charge in [0, 0.05) is 24.9 Å². The maximum absolute atomic E-state index is 13.0. The van der Waals surface area contributed by atoms with E-state index >= 15 is 0 Å². The molecule has 1 amide bonds. The Bertz CT molecular complexity index is 1340. The molecule has 1 fully saturated rings. The standard InChI is InChI=1S/C30H33N3O6/c1-35-21-7-9-22(10-8-21)39-27-12-11-23(16-25(27)31)37-14-3-4-15-38-29-18-26-24(17-28(29)36-2)30(34)33-13-5-6-20(33)19-32-26/h7-12,16-20H,3-6,13-15,31H2,1-2H3/t20-/m0/s1. The number of rotatable bonds is 11. The largest absolute Gasteiger partial charge is 0.497 e. The molecule has 1 saturated heterocycles. The van der Waals surface area contributed by atoms with Gasteiger partial charge in [0.05, 0.1) is 50.4 Å². The van der Waals surface area contributed by atoms with E-state index < -0.39 is 0 Å². The Balaban J connectivity index is 1.10. The molecule has 0 unspecified atom stereocenters. The molecule has 3 aromatic carbocycles. The molecule has 2 N–H and O–H groups in total. The van der Waals surface area contributed by atoms with Crippen molar-refractivity contribution < 1.29 is 28.5 Å². The Morgan fingerprint density at radius 3 is 2.36 bits per heavy atom. The van der Waals surface area contributed by atoms with Crippen molar-refractivity contribution >= 4 is 23.5 Å². The summed E-state index contributed by atoms with van der Waals surface area (Å²) in [5, 5.41) is 0. The van der Waals surface area contributed by atoms with Crippen molar-refractivity contribution in [2.45, 2.75) is 31.7 Å². The predicted molar refractivity (Wildman–Crippen MR) is 149 cm³/mol. The van der Waals surface area contributed by atoms with E-state index in [0.29, 0.717) is 58.9 Å². The van der Waals surface area contributed by atoms with Crippen LogP contribution in [0.3, 0.4) is 0 Å². The van der Waals surface area contributed by atoms with Crippen molar-refractivity contribution in [2.75, 3.05) is 39.7 Å². The number of amides is 1. The number of hydrogen-bond donors (Lipinski definition) is 1. The Morgan fingerprint density at radius 2 is 1.62 bits per heavy atom. The number of nitrogen functional groups attached to an aromatic ring is 1. The van der Waals surface area contributed by atoms with Gasteiger partial charge in [-0.3, -0.25) is 9.79 Å². The maximum atomic E-state index is 13.0. The van der Waals surface area contributed by atoms with Crippen LogP contribution in [0.15, 0.2) is 59.6 Å². The summed E-state index contributed by atoms with van der Waals surface area (Å²) in [6.45, 7) is 1.74. The second-order valence-electron chi connectivity index (χ2n) is 9.39. The van der Waals surface area contributed by atoms with Crippen molar-refractivity contribution in [3.63, 3.8) is 0 Å². The van der Waals surface area contributed by atoms with Crippen LogP contribution in [0, 0.1) is 0 Å². The zero-order valence-electron chi connectivity index (χ0n) is 22.2. The van der Waals surface area contributed by atoms with Crippen molar-refractivity contribution in [3.05, 3.63) is 60.2 Å². The van der Waals surface area contributed by atoms with Crippen LogP contribution in [0.4, 0.5) is 11.4 Å². The molecular weight excluding hydrogens is 498 g/mol. The van der Waals surface area contributed by atoms with Crippen LogP contribution in [0.1, 0.15) is 36.0 Å². The Morgan fingerprint density at radius 1 is 0.872 bits per heavy atom. The van der Waals surface area contributed by atoms with E-state index in [4.69, 9.17) is 29.4 Å². The summed E-state index contributed by atoms with van der Waals surface area (Å²) in [6, 6.07) is 16.3. The number of benzene rings is 3. The van der Waals surface area contributed by atoms with Crippen molar-refractivity contribution in [1.82, 2.24) is 4.90 Å². The van der Waals surface area contributed by atoms with E-state index in [1.165, 1.54) is 0 Å². The summed E-state index contributed by atoms with van der Waals surface area (Å²) >= 11 is 0. The molecule has 204 valence electrons. The monoisotopic (exact) mass is 531 g/mol. The SMILES string of the molecule is COc1ccc(Oc2ccc(OCCCCOc3cc4c(cc3OC)C(=O)N3CCC[C@H]3C=N4)cc2N)cc1. The number of unbranched alkanes of at least 4 members (excludes halogenated alkanes) is 1. The van der Waals surface area contributed by atoms with Crippen LogP contribution >= 0.6 is 0 Å². The minimum Gasteiger partial charge on any atom is -0.497 e. The molecule has 0 aliphatic carbocycles. The summed E-state index contributed by atoms with van der Waals surface area (Å²) in [7, 11) is 3.19. The third-order valence-corrected chi connectivity index (χ3v) is 6.79. The minimum atomic E-state index is -0.00652. The molecule has 0 aromatic heterocycles. The molecule has 2 heterocycles. The molecule has 1 atom stereocenters.